The third kappa shape index (κ3) is 1.82. The molecule has 0 saturated carbocycles. The van der Waals surface area contributed by atoms with Crippen LogP contribution in [0.5, 0.6) is 0 Å². The summed E-state index contributed by atoms with van der Waals surface area (Å²) < 4.78 is 5.23. The maximum Gasteiger partial charge on any atom is 0.248 e. The smallest absolute Gasteiger partial charge is 0.248 e. The Labute approximate surface area is 116 Å². The van der Waals surface area contributed by atoms with Crippen LogP contribution in [0.15, 0.2) is 33.8 Å². The Morgan fingerprint density at radius 3 is 2.70 bits per heavy atom. The quantitative estimate of drug-likeness (QED) is 0.796. The second kappa shape index (κ2) is 4.59. The molecule has 20 heavy (non-hydrogen) atoms. The monoisotopic (exact) mass is 269 g/mol. The van der Waals surface area contributed by atoms with Crippen molar-refractivity contribution >= 4 is 17.3 Å². The number of hydrogen-bond donors (Lipinski definition) is 0. The molecule has 1 aromatic heterocycles. The second-order valence-corrected chi connectivity index (χ2v) is 4.83. The maximum atomic E-state index is 12.0. The van der Waals surface area contributed by atoms with Crippen molar-refractivity contribution in [3.63, 3.8) is 0 Å². The summed E-state index contributed by atoms with van der Waals surface area (Å²) in [4.78, 5) is 18.2. The molecule has 1 amide bonds. The second-order valence-electron chi connectivity index (χ2n) is 4.83. The number of rotatable bonds is 1. The van der Waals surface area contributed by atoms with Crippen LogP contribution in [0.3, 0.4) is 0 Å². The van der Waals surface area contributed by atoms with E-state index in [4.69, 9.17) is 4.52 Å². The summed E-state index contributed by atoms with van der Waals surface area (Å²) in [5.74, 6) is 0.687. The number of nitrogens with zero attached hydrogens (tertiary/aromatic N) is 3. The van der Waals surface area contributed by atoms with Crippen LogP contribution in [0.1, 0.15) is 22.6 Å². The Morgan fingerprint density at radius 1 is 1.25 bits per heavy atom. The van der Waals surface area contributed by atoms with Gasteiger partial charge in [0.05, 0.1) is 22.7 Å². The molecule has 0 fully saturated rings. The van der Waals surface area contributed by atoms with Crippen molar-refractivity contribution in [2.75, 3.05) is 18.5 Å². The number of aliphatic imine (C=N–C) groups is 1. The molecular weight excluding hydrogens is 254 g/mol. The number of benzene rings is 1. The van der Waals surface area contributed by atoms with Crippen molar-refractivity contribution in [2.24, 2.45) is 4.99 Å². The van der Waals surface area contributed by atoms with Crippen LogP contribution in [-0.2, 0) is 4.79 Å². The minimum Gasteiger partial charge on any atom is -0.361 e. The van der Waals surface area contributed by atoms with Gasteiger partial charge < -0.3 is 9.42 Å². The van der Waals surface area contributed by atoms with E-state index < -0.39 is 0 Å². The summed E-state index contributed by atoms with van der Waals surface area (Å²) in [5, 5.41) is 3.98. The molecule has 0 unspecified atom stereocenters. The standard InChI is InChI=1S/C15H15N3O2/c1-9-14(10(2)20-17-9)15-11-6-4-5-7-12(11)18(3)13(19)8-16-15/h4-7H,8H2,1-3H3. The number of para-hydroxylation sites is 1. The Kier molecular flexibility index (Phi) is 2.89. The van der Waals surface area contributed by atoms with E-state index >= 15 is 0 Å². The molecule has 2 heterocycles. The number of anilines is 1. The van der Waals surface area contributed by atoms with Gasteiger partial charge in [-0.2, -0.15) is 0 Å². The summed E-state index contributed by atoms with van der Waals surface area (Å²) in [7, 11) is 1.77. The van der Waals surface area contributed by atoms with E-state index in [9.17, 15) is 4.79 Å². The Balaban J connectivity index is 2.26. The van der Waals surface area contributed by atoms with Gasteiger partial charge >= 0.3 is 0 Å². The van der Waals surface area contributed by atoms with E-state index in [1.165, 1.54) is 0 Å². The van der Waals surface area contributed by atoms with Gasteiger partial charge in [-0.15, -0.1) is 0 Å². The summed E-state index contributed by atoms with van der Waals surface area (Å²) in [6.07, 6.45) is 0. The van der Waals surface area contributed by atoms with Gasteiger partial charge in [0.1, 0.15) is 12.3 Å². The summed E-state index contributed by atoms with van der Waals surface area (Å²) in [5.41, 5.74) is 4.21. The van der Waals surface area contributed by atoms with E-state index in [0.29, 0.717) is 5.76 Å². The van der Waals surface area contributed by atoms with E-state index in [-0.39, 0.29) is 12.5 Å². The van der Waals surface area contributed by atoms with E-state index in [2.05, 4.69) is 10.1 Å². The lowest BCUT2D eigenvalue weighted by atomic mass is 9.99. The molecule has 2 aromatic rings. The molecule has 3 rings (SSSR count). The zero-order valence-electron chi connectivity index (χ0n) is 11.7. The molecule has 102 valence electrons. The summed E-state index contributed by atoms with van der Waals surface area (Å²) in [6.45, 7) is 3.87. The van der Waals surface area contributed by atoms with Gasteiger partial charge in [-0.1, -0.05) is 23.4 Å². The van der Waals surface area contributed by atoms with Crippen LogP contribution >= 0.6 is 0 Å². The third-order valence-electron chi connectivity index (χ3n) is 3.54. The lowest BCUT2D eigenvalue weighted by molar-refractivity contribution is -0.116. The fourth-order valence-corrected chi connectivity index (χ4v) is 2.47. The zero-order chi connectivity index (χ0) is 14.3. The highest BCUT2D eigenvalue weighted by Crippen LogP contribution is 2.27. The van der Waals surface area contributed by atoms with Gasteiger partial charge in [0.15, 0.2) is 0 Å². The van der Waals surface area contributed by atoms with Gasteiger partial charge in [-0.05, 0) is 19.9 Å². The number of amides is 1. The van der Waals surface area contributed by atoms with Gasteiger partial charge in [-0.3, -0.25) is 9.79 Å². The first kappa shape index (κ1) is 12.6. The molecule has 0 atom stereocenters. The van der Waals surface area contributed by atoms with Gasteiger partial charge in [0.25, 0.3) is 0 Å². The van der Waals surface area contributed by atoms with Gasteiger partial charge in [0, 0.05) is 12.6 Å². The minimum atomic E-state index is -0.0285. The molecule has 1 aliphatic heterocycles. The maximum absolute atomic E-state index is 12.0. The van der Waals surface area contributed by atoms with Crippen LogP contribution in [0.2, 0.25) is 0 Å². The first-order chi connectivity index (χ1) is 9.59. The number of hydrogen-bond acceptors (Lipinski definition) is 4. The number of carbonyl (C=O) groups excluding carboxylic acids is 1. The van der Waals surface area contributed by atoms with E-state index in [1.807, 2.05) is 38.1 Å². The lowest BCUT2D eigenvalue weighted by Gasteiger charge is -2.17. The fourth-order valence-electron chi connectivity index (χ4n) is 2.47. The topological polar surface area (TPSA) is 58.7 Å². The third-order valence-corrected chi connectivity index (χ3v) is 3.54. The van der Waals surface area contributed by atoms with Crippen molar-refractivity contribution in [1.29, 1.82) is 0 Å². The van der Waals surface area contributed by atoms with Gasteiger partial charge in [0.2, 0.25) is 5.91 Å². The normalized spacial score (nSPS) is 14.8. The number of aromatic nitrogens is 1. The number of carbonyl (C=O) groups is 1. The number of benzodiazepines with no additional fused rings is 1. The Hall–Kier alpha value is -2.43. The molecule has 5 nitrogen and oxygen atoms in total. The predicted octanol–water partition coefficient (Wildman–Crippen LogP) is 2.11. The Bertz CT molecular complexity index is 696. The molecule has 5 heteroatoms. The first-order valence-corrected chi connectivity index (χ1v) is 6.43. The highest BCUT2D eigenvalue weighted by molar-refractivity contribution is 6.20. The molecule has 1 aliphatic rings. The van der Waals surface area contributed by atoms with E-state index in [1.54, 1.807) is 11.9 Å². The average molecular weight is 269 g/mol. The van der Waals surface area contributed by atoms with Crippen LogP contribution in [0, 0.1) is 13.8 Å². The summed E-state index contributed by atoms with van der Waals surface area (Å²) >= 11 is 0. The van der Waals surface area contributed by atoms with Gasteiger partial charge in [-0.25, -0.2) is 0 Å². The van der Waals surface area contributed by atoms with Crippen molar-refractivity contribution in [3.05, 3.63) is 46.8 Å². The van der Waals surface area contributed by atoms with Crippen molar-refractivity contribution in [3.8, 4) is 0 Å². The molecule has 0 saturated heterocycles. The molecule has 0 radical (unpaired) electrons. The SMILES string of the molecule is Cc1noc(C)c1C1=NCC(=O)N(C)c2ccccc21. The van der Waals surface area contributed by atoms with Crippen LogP contribution in [0.25, 0.3) is 0 Å². The highest BCUT2D eigenvalue weighted by atomic mass is 16.5. The van der Waals surface area contributed by atoms with Crippen LogP contribution in [-0.4, -0.2) is 30.4 Å². The number of fused-ring (bicyclic) bond motifs is 1. The van der Waals surface area contributed by atoms with E-state index in [0.717, 1.165) is 28.2 Å². The summed E-state index contributed by atoms with van der Waals surface area (Å²) in [6, 6.07) is 7.75. The molecule has 0 N–H and O–H groups in total. The largest absolute Gasteiger partial charge is 0.361 e. The molecule has 0 spiro atoms. The van der Waals surface area contributed by atoms with Crippen molar-refractivity contribution < 1.29 is 9.32 Å². The molecular formula is C15H15N3O2. The number of likely N-dealkylation sites (N-methyl/N-ethyl adjacent to an activating group) is 1. The lowest BCUT2D eigenvalue weighted by Crippen LogP contribution is -2.27. The predicted molar refractivity (Wildman–Crippen MR) is 76.3 cm³/mol. The van der Waals surface area contributed by atoms with Crippen LogP contribution < -0.4 is 4.90 Å². The minimum absolute atomic E-state index is 0.0285. The average Bonchev–Trinajstić information content (AvgIpc) is 2.72. The van der Waals surface area contributed by atoms with Crippen molar-refractivity contribution in [1.82, 2.24) is 5.16 Å². The fraction of sp³-hybridized carbons (Fsp3) is 0.267. The number of aryl methyl sites for hydroxylation is 2. The molecule has 1 aromatic carbocycles. The molecule has 0 bridgehead atoms. The molecule has 0 aliphatic carbocycles. The first-order valence-electron chi connectivity index (χ1n) is 6.43. The zero-order valence-corrected chi connectivity index (χ0v) is 11.7. The Morgan fingerprint density at radius 2 is 2.00 bits per heavy atom. The van der Waals surface area contributed by atoms with Crippen LogP contribution in [0.4, 0.5) is 5.69 Å². The van der Waals surface area contributed by atoms with Crippen molar-refractivity contribution in [2.45, 2.75) is 13.8 Å². The highest BCUT2D eigenvalue weighted by Gasteiger charge is 2.25.